The molecule has 176 valence electrons. The summed E-state index contributed by atoms with van der Waals surface area (Å²) in [6.45, 7) is 0. The number of allylic oxidation sites excluding steroid dienone is 4. The lowest BCUT2D eigenvalue weighted by molar-refractivity contribution is -0.276. The van der Waals surface area contributed by atoms with Crippen LogP contribution in [0.25, 0.3) is 16.7 Å². The number of halogens is 6. The largest absolute Gasteiger partial charge is 0.573 e. The van der Waals surface area contributed by atoms with Crippen LogP contribution in [-0.4, -0.2) is 11.6 Å². The van der Waals surface area contributed by atoms with Crippen LogP contribution in [0.3, 0.4) is 0 Å². The first-order valence-corrected chi connectivity index (χ1v) is 11.2. The van der Waals surface area contributed by atoms with Gasteiger partial charge in [-0.15, -0.1) is 13.2 Å². The Morgan fingerprint density at radius 2 is 1.48 bits per heavy atom. The van der Waals surface area contributed by atoms with Crippen LogP contribution in [0.15, 0.2) is 48.6 Å². The standard InChI is InChI=1S/C25H22F6OS/c26-21-11-17(16-3-1-14(2-4-16)15-5-8-19(33)9-6-15)7-10-20(21)18-12-22(27)24(23(28)13-18)32-25(29,30)31/h1,3-4,7,10-15,19,33H,2,5-6,8-9H2. The van der Waals surface area contributed by atoms with E-state index < -0.39 is 29.6 Å². The van der Waals surface area contributed by atoms with Gasteiger partial charge in [0, 0.05) is 10.8 Å². The number of benzene rings is 2. The summed E-state index contributed by atoms with van der Waals surface area (Å²) in [4.78, 5) is 0. The molecule has 33 heavy (non-hydrogen) atoms. The van der Waals surface area contributed by atoms with Gasteiger partial charge >= 0.3 is 6.36 Å². The minimum absolute atomic E-state index is 0.128. The smallest absolute Gasteiger partial charge is 0.399 e. The first-order chi connectivity index (χ1) is 15.6. The Kier molecular flexibility index (Phi) is 6.84. The molecule has 2 aliphatic rings. The summed E-state index contributed by atoms with van der Waals surface area (Å²) in [6, 6.07) is 5.47. The molecule has 1 atom stereocenters. The van der Waals surface area contributed by atoms with Crippen molar-refractivity contribution in [2.45, 2.75) is 43.7 Å². The predicted molar refractivity (Wildman–Crippen MR) is 118 cm³/mol. The van der Waals surface area contributed by atoms with Gasteiger partial charge in [0.05, 0.1) is 0 Å². The topological polar surface area (TPSA) is 9.23 Å². The molecular formula is C25H22F6OS. The summed E-state index contributed by atoms with van der Waals surface area (Å²) < 4.78 is 83.2. The number of rotatable bonds is 4. The summed E-state index contributed by atoms with van der Waals surface area (Å²) in [7, 11) is 0. The number of hydrogen-bond acceptors (Lipinski definition) is 2. The zero-order valence-corrected chi connectivity index (χ0v) is 18.4. The molecule has 0 spiro atoms. The third kappa shape index (κ3) is 5.60. The van der Waals surface area contributed by atoms with Gasteiger partial charge < -0.3 is 4.74 Å². The Morgan fingerprint density at radius 1 is 0.848 bits per heavy atom. The van der Waals surface area contributed by atoms with E-state index in [1.165, 1.54) is 12.1 Å². The molecule has 0 heterocycles. The van der Waals surface area contributed by atoms with Gasteiger partial charge in [-0.2, -0.15) is 12.6 Å². The zero-order chi connectivity index (χ0) is 23.8. The quantitative estimate of drug-likeness (QED) is 0.341. The van der Waals surface area contributed by atoms with Crippen molar-refractivity contribution in [3.8, 4) is 16.9 Å². The summed E-state index contributed by atoms with van der Waals surface area (Å²) in [5, 5.41) is 0.483. The van der Waals surface area contributed by atoms with Gasteiger partial charge in [-0.05, 0) is 78.8 Å². The first kappa shape index (κ1) is 23.8. The fourth-order valence-electron chi connectivity index (χ4n) is 4.59. The molecule has 0 amide bonds. The number of ether oxygens (including phenoxy) is 1. The lowest BCUT2D eigenvalue weighted by Crippen LogP contribution is -2.21. The molecule has 0 radical (unpaired) electrons. The van der Waals surface area contributed by atoms with Gasteiger partial charge in [-0.25, -0.2) is 13.2 Å². The minimum Gasteiger partial charge on any atom is -0.399 e. The second-order valence-corrected chi connectivity index (χ2v) is 9.23. The van der Waals surface area contributed by atoms with E-state index in [2.05, 4.69) is 29.5 Å². The van der Waals surface area contributed by atoms with Crippen molar-refractivity contribution in [2.75, 3.05) is 0 Å². The second-order valence-electron chi connectivity index (χ2n) is 8.50. The van der Waals surface area contributed by atoms with Gasteiger partial charge in [0.15, 0.2) is 11.6 Å². The van der Waals surface area contributed by atoms with Gasteiger partial charge in [0.25, 0.3) is 0 Å². The number of alkyl halides is 3. The molecule has 1 saturated carbocycles. The molecule has 1 unspecified atom stereocenters. The maximum Gasteiger partial charge on any atom is 0.573 e. The minimum atomic E-state index is -5.25. The molecule has 2 aromatic rings. The van der Waals surface area contributed by atoms with Gasteiger partial charge in [-0.3, -0.25) is 0 Å². The molecule has 0 saturated heterocycles. The van der Waals surface area contributed by atoms with Crippen molar-refractivity contribution in [3.63, 3.8) is 0 Å². The van der Waals surface area contributed by atoms with E-state index in [-0.39, 0.29) is 11.1 Å². The molecule has 0 aromatic heterocycles. The lowest BCUT2D eigenvalue weighted by Gasteiger charge is -2.31. The van der Waals surface area contributed by atoms with E-state index in [4.69, 9.17) is 0 Å². The van der Waals surface area contributed by atoms with Crippen molar-refractivity contribution < 1.29 is 31.1 Å². The average molecular weight is 485 g/mol. The van der Waals surface area contributed by atoms with Gasteiger partial charge in [0.1, 0.15) is 5.82 Å². The monoisotopic (exact) mass is 484 g/mol. The fraction of sp³-hybridized carbons (Fsp3) is 0.360. The van der Waals surface area contributed by atoms with Crippen LogP contribution >= 0.6 is 12.6 Å². The summed E-state index contributed by atoms with van der Waals surface area (Å²) in [6.07, 6.45) is 6.33. The van der Waals surface area contributed by atoms with Crippen LogP contribution in [0.5, 0.6) is 5.75 Å². The molecule has 8 heteroatoms. The van der Waals surface area contributed by atoms with E-state index >= 15 is 0 Å². The van der Waals surface area contributed by atoms with E-state index in [1.54, 1.807) is 6.07 Å². The van der Waals surface area contributed by atoms with Crippen LogP contribution in [0, 0.1) is 29.3 Å². The first-order valence-electron chi connectivity index (χ1n) is 10.7. The van der Waals surface area contributed by atoms with Crippen LogP contribution in [-0.2, 0) is 0 Å². The van der Waals surface area contributed by atoms with E-state index in [9.17, 15) is 26.3 Å². The summed E-state index contributed by atoms with van der Waals surface area (Å²) in [5.41, 5.74) is 1.11. The van der Waals surface area contributed by atoms with E-state index in [0.29, 0.717) is 34.8 Å². The maximum absolute atomic E-state index is 14.8. The van der Waals surface area contributed by atoms with Crippen molar-refractivity contribution in [1.29, 1.82) is 0 Å². The Morgan fingerprint density at radius 3 is 2.03 bits per heavy atom. The van der Waals surface area contributed by atoms with Crippen molar-refractivity contribution >= 4 is 18.2 Å². The highest BCUT2D eigenvalue weighted by Crippen LogP contribution is 2.38. The van der Waals surface area contributed by atoms with Crippen LogP contribution in [0.1, 0.15) is 37.7 Å². The number of thiol groups is 1. The summed E-state index contributed by atoms with van der Waals surface area (Å²) >= 11 is 4.55. The Labute approximate surface area is 193 Å². The molecule has 2 aromatic carbocycles. The molecule has 4 rings (SSSR count). The predicted octanol–water partition coefficient (Wildman–Crippen LogP) is 8.12. The SMILES string of the molecule is Fc1cc(C2=CCC(C3CCC(S)CC3)C=C2)ccc1-c1cc(F)c(OC(F)(F)F)c(F)c1. The van der Waals surface area contributed by atoms with Crippen LogP contribution in [0.4, 0.5) is 26.3 Å². The zero-order valence-electron chi connectivity index (χ0n) is 17.5. The highest BCUT2D eigenvalue weighted by molar-refractivity contribution is 7.80. The average Bonchev–Trinajstić information content (AvgIpc) is 2.76. The van der Waals surface area contributed by atoms with Crippen molar-refractivity contribution in [1.82, 2.24) is 0 Å². The molecular weight excluding hydrogens is 462 g/mol. The molecule has 0 bridgehead atoms. The number of hydrogen-bond donors (Lipinski definition) is 1. The van der Waals surface area contributed by atoms with E-state index in [1.807, 2.05) is 6.08 Å². The highest BCUT2D eigenvalue weighted by atomic mass is 32.1. The maximum atomic E-state index is 14.8. The van der Waals surface area contributed by atoms with Crippen LogP contribution < -0.4 is 4.74 Å². The summed E-state index contributed by atoms with van der Waals surface area (Å²) in [5.74, 6) is -4.38. The second kappa shape index (κ2) is 9.49. The Hall–Kier alpha value is -2.35. The fourth-order valence-corrected chi connectivity index (χ4v) is 4.89. The van der Waals surface area contributed by atoms with Crippen LogP contribution in [0.2, 0.25) is 0 Å². The third-order valence-electron chi connectivity index (χ3n) is 6.31. The van der Waals surface area contributed by atoms with Gasteiger partial charge in [-0.1, -0.05) is 30.4 Å². The molecule has 1 fully saturated rings. The highest BCUT2D eigenvalue weighted by Gasteiger charge is 2.34. The lowest BCUT2D eigenvalue weighted by atomic mass is 9.76. The van der Waals surface area contributed by atoms with Crippen molar-refractivity contribution in [2.24, 2.45) is 11.8 Å². The normalized spacial score (nSPS) is 23.4. The Balaban J connectivity index is 1.51. The third-order valence-corrected chi connectivity index (χ3v) is 6.83. The molecule has 0 aliphatic heterocycles. The van der Waals surface area contributed by atoms with Crippen molar-refractivity contribution in [3.05, 3.63) is 71.6 Å². The van der Waals surface area contributed by atoms with E-state index in [0.717, 1.165) is 37.7 Å². The Bertz CT molecular complexity index is 1060. The molecule has 0 N–H and O–H groups in total. The van der Waals surface area contributed by atoms with Gasteiger partial charge in [0.2, 0.25) is 5.75 Å². The molecule has 2 aliphatic carbocycles. The molecule has 1 nitrogen and oxygen atoms in total.